The molecule has 0 radical (unpaired) electrons. The van der Waals surface area contributed by atoms with Gasteiger partial charge in [0, 0.05) is 23.6 Å². The number of unbranched alkanes of at least 4 members (excludes halogenated alkanes) is 2. The highest BCUT2D eigenvalue weighted by molar-refractivity contribution is 6.32. The number of para-hydroxylation sites is 1. The first-order valence-electron chi connectivity index (χ1n) is 11.8. The van der Waals surface area contributed by atoms with Gasteiger partial charge in [0.15, 0.2) is 0 Å². The summed E-state index contributed by atoms with van der Waals surface area (Å²) in [6.45, 7) is 8.39. The minimum atomic E-state index is -0.493. The van der Waals surface area contributed by atoms with Crippen LogP contribution >= 0.6 is 11.6 Å². The Kier molecular flexibility index (Phi) is 8.67. The quantitative estimate of drug-likeness (QED) is 0.355. The molecule has 2 aromatic carbocycles. The first-order valence-corrected chi connectivity index (χ1v) is 12.2. The number of nitrogens with one attached hydrogen (secondary N) is 1. The fourth-order valence-corrected chi connectivity index (χ4v) is 3.82. The second-order valence-corrected chi connectivity index (χ2v) is 9.93. The maximum absolute atomic E-state index is 13.7. The van der Waals surface area contributed by atoms with Gasteiger partial charge in [-0.15, -0.1) is 0 Å². The fourth-order valence-electron chi connectivity index (χ4n) is 3.61. The van der Waals surface area contributed by atoms with Gasteiger partial charge in [-0.1, -0.05) is 70.3 Å². The van der Waals surface area contributed by atoms with Gasteiger partial charge in [0.1, 0.15) is 18.2 Å². The molecule has 3 rings (SSSR count). The van der Waals surface area contributed by atoms with E-state index in [1.54, 1.807) is 16.8 Å². The van der Waals surface area contributed by atoms with E-state index < -0.39 is 5.82 Å². The molecule has 0 saturated heterocycles. The van der Waals surface area contributed by atoms with Gasteiger partial charge in [0.2, 0.25) is 5.91 Å². The number of halogens is 2. The van der Waals surface area contributed by atoms with Crippen LogP contribution in [0.25, 0.3) is 5.69 Å². The summed E-state index contributed by atoms with van der Waals surface area (Å²) < 4.78 is 15.3. The molecule has 0 spiro atoms. The van der Waals surface area contributed by atoms with Crippen molar-refractivity contribution in [2.75, 3.05) is 18.4 Å². The van der Waals surface area contributed by atoms with Crippen LogP contribution in [0.15, 0.2) is 54.6 Å². The van der Waals surface area contributed by atoms with Crippen LogP contribution in [-0.2, 0) is 10.2 Å². The molecule has 0 aliphatic carbocycles. The average molecular weight is 499 g/mol. The normalized spacial score (nSPS) is 11.4. The van der Waals surface area contributed by atoms with Gasteiger partial charge in [-0.2, -0.15) is 5.10 Å². The van der Waals surface area contributed by atoms with E-state index in [0.717, 1.165) is 25.0 Å². The standard InChI is InChI=1S/C27H32ClFN4O2/c1-5-6-9-15-32(26(35)19-11-10-12-20(29)16-19)18-25(34)30-24-17-23(27(2,3)4)31-33(24)22-14-8-7-13-21(22)28/h7-8,10-14,16-17H,5-6,9,15,18H2,1-4H3,(H,30,34). The summed E-state index contributed by atoms with van der Waals surface area (Å²) in [5.74, 6) is -0.794. The van der Waals surface area contributed by atoms with Crippen LogP contribution in [0.4, 0.5) is 10.2 Å². The van der Waals surface area contributed by atoms with Gasteiger partial charge in [0.25, 0.3) is 5.91 Å². The summed E-state index contributed by atoms with van der Waals surface area (Å²) in [5.41, 5.74) is 1.37. The van der Waals surface area contributed by atoms with Crippen LogP contribution in [0.1, 0.15) is 63.0 Å². The first kappa shape index (κ1) is 26.4. The molecule has 3 aromatic rings. The maximum Gasteiger partial charge on any atom is 0.254 e. The lowest BCUT2D eigenvalue weighted by Crippen LogP contribution is -2.39. The van der Waals surface area contributed by atoms with Crippen molar-refractivity contribution in [1.82, 2.24) is 14.7 Å². The number of aromatic nitrogens is 2. The number of carbonyl (C=O) groups excluding carboxylic acids is 2. The number of amides is 2. The molecule has 0 aliphatic rings. The SMILES string of the molecule is CCCCCN(CC(=O)Nc1cc(C(C)(C)C)nn1-c1ccccc1Cl)C(=O)c1cccc(F)c1. The Morgan fingerprint density at radius 2 is 1.83 bits per heavy atom. The van der Waals surface area contributed by atoms with E-state index in [1.807, 2.05) is 45.0 Å². The second kappa shape index (κ2) is 11.5. The third-order valence-corrected chi connectivity index (χ3v) is 5.87. The lowest BCUT2D eigenvalue weighted by atomic mass is 9.92. The Hall–Kier alpha value is -3.19. The number of benzene rings is 2. The monoisotopic (exact) mass is 498 g/mol. The second-order valence-electron chi connectivity index (χ2n) is 9.52. The summed E-state index contributed by atoms with van der Waals surface area (Å²) >= 11 is 6.41. The van der Waals surface area contributed by atoms with Crippen LogP contribution < -0.4 is 5.32 Å². The molecule has 0 bridgehead atoms. The van der Waals surface area contributed by atoms with Crippen LogP contribution in [0, 0.1) is 5.82 Å². The van der Waals surface area contributed by atoms with Gasteiger partial charge in [-0.25, -0.2) is 9.07 Å². The lowest BCUT2D eigenvalue weighted by molar-refractivity contribution is -0.117. The molecule has 186 valence electrons. The highest BCUT2D eigenvalue weighted by atomic mass is 35.5. The van der Waals surface area contributed by atoms with Crippen LogP contribution in [0.5, 0.6) is 0 Å². The molecule has 6 nitrogen and oxygen atoms in total. The molecule has 1 N–H and O–H groups in total. The molecule has 0 atom stereocenters. The summed E-state index contributed by atoms with van der Waals surface area (Å²) in [6.07, 6.45) is 2.64. The predicted molar refractivity (Wildman–Crippen MR) is 138 cm³/mol. The third kappa shape index (κ3) is 6.92. The molecule has 8 heteroatoms. The number of nitrogens with zero attached hydrogens (tertiary/aromatic N) is 3. The zero-order chi connectivity index (χ0) is 25.6. The molecule has 0 unspecified atom stereocenters. The number of rotatable bonds is 9. The number of carbonyl (C=O) groups is 2. The van der Waals surface area contributed by atoms with Crippen molar-refractivity contribution in [3.8, 4) is 5.69 Å². The molecule has 35 heavy (non-hydrogen) atoms. The van der Waals surface area contributed by atoms with Crippen LogP contribution in [0.2, 0.25) is 5.02 Å². The molecule has 0 saturated carbocycles. The van der Waals surface area contributed by atoms with Crippen molar-refractivity contribution < 1.29 is 14.0 Å². The van der Waals surface area contributed by atoms with E-state index in [4.69, 9.17) is 16.7 Å². The number of hydrogen-bond donors (Lipinski definition) is 1. The highest BCUT2D eigenvalue weighted by Crippen LogP contribution is 2.29. The van der Waals surface area contributed by atoms with E-state index in [1.165, 1.54) is 23.1 Å². The molecule has 1 aromatic heterocycles. The van der Waals surface area contributed by atoms with E-state index >= 15 is 0 Å². The largest absolute Gasteiger partial charge is 0.329 e. The zero-order valence-corrected chi connectivity index (χ0v) is 21.4. The van der Waals surface area contributed by atoms with E-state index in [2.05, 4.69) is 12.2 Å². The first-order chi connectivity index (χ1) is 16.6. The van der Waals surface area contributed by atoms with Crippen LogP contribution in [-0.4, -0.2) is 39.6 Å². The third-order valence-electron chi connectivity index (χ3n) is 5.55. The molecular formula is C27H32ClFN4O2. The van der Waals surface area contributed by atoms with E-state index in [-0.39, 0.29) is 29.3 Å². The zero-order valence-electron chi connectivity index (χ0n) is 20.6. The van der Waals surface area contributed by atoms with Crippen molar-refractivity contribution in [3.05, 3.63) is 76.7 Å². The fraction of sp³-hybridized carbons (Fsp3) is 0.370. The molecule has 1 heterocycles. The average Bonchev–Trinajstić information content (AvgIpc) is 3.22. The van der Waals surface area contributed by atoms with Gasteiger partial charge in [-0.05, 0) is 36.8 Å². The lowest BCUT2D eigenvalue weighted by Gasteiger charge is -2.22. The minimum Gasteiger partial charge on any atom is -0.329 e. The van der Waals surface area contributed by atoms with Gasteiger partial charge < -0.3 is 10.2 Å². The summed E-state index contributed by atoms with van der Waals surface area (Å²) in [6, 6.07) is 14.6. The van der Waals surface area contributed by atoms with E-state index in [9.17, 15) is 14.0 Å². The Labute approximate surface area is 211 Å². The van der Waals surface area contributed by atoms with Crippen molar-refractivity contribution in [3.63, 3.8) is 0 Å². The Morgan fingerprint density at radius 1 is 1.09 bits per heavy atom. The van der Waals surface area contributed by atoms with E-state index in [0.29, 0.717) is 23.1 Å². The maximum atomic E-state index is 13.7. The van der Waals surface area contributed by atoms with Crippen LogP contribution in [0.3, 0.4) is 0 Å². The van der Waals surface area contributed by atoms with Crippen molar-refractivity contribution in [2.24, 2.45) is 0 Å². The topological polar surface area (TPSA) is 67.2 Å². The highest BCUT2D eigenvalue weighted by Gasteiger charge is 2.24. The van der Waals surface area contributed by atoms with Gasteiger partial charge >= 0.3 is 0 Å². The Morgan fingerprint density at radius 3 is 2.49 bits per heavy atom. The Balaban J connectivity index is 1.87. The molecular weight excluding hydrogens is 467 g/mol. The number of anilines is 1. The van der Waals surface area contributed by atoms with Gasteiger partial charge in [0.05, 0.1) is 16.4 Å². The summed E-state index contributed by atoms with van der Waals surface area (Å²) in [7, 11) is 0. The minimum absolute atomic E-state index is 0.169. The summed E-state index contributed by atoms with van der Waals surface area (Å²) in [5, 5.41) is 8.09. The van der Waals surface area contributed by atoms with Gasteiger partial charge in [-0.3, -0.25) is 9.59 Å². The molecule has 0 fully saturated rings. The Bertz CT molecular complexity index is 1190. The number of hydrogen-bond acceptors (Lipinski definition) is 3. The predicted octanol–water partition coefficient (Wildman–Crippen LogP) is 6.23. The molecule has 0 aliphatic heterocycles. The van der Waals surface area contributed by atoms with Crippen molar-refractivity contribution >= 4 is 29.2 Å². The van der Waals surface area contributed by atoms with Crippen molar-refractivity contribution in [2.45, 2.75) is 52.4 Å². The van der Waals surface area contributed by atoms with Crippen molar-refractivity contribution in [1.29, 1.82) is 0 Å². The smallest absolute Gasteiger partial charge is 0.254 e. The summed E-state index contributed by atoms with van der Waals surface area (Å²) in [4.78, 5) is 27.7. The molecule has 2 amide bonds.